The predicted molar refractivity (Wildman–Crippen MR) is 64.4 cm³/mol. The molecule has 2 saturated heterocycles. The van der Waals surface area contributed by atoms with Crippen molar-refractivity contribution in [2.75, 3.05) is 0 Å². The molecule has 0 saturated carbocycles. The van der Waals surface area contributed by atoms with Crippen LogP contribution >= 0.6 is 27.3 Å². The van der Waals surface area contributed by atoms with Crippen LogP contribution in [0.15, 0.2) is 15.9 Å². The number of Topliss-reactive ketones (excluding diaryl/α,β-unsaturated/α-hetero) is 1. The molecular weight excluding hydrogens is 274 g/mol. The average Bonchev–Trinajstić information content (AvgIpc) is 2.91. The van der Waals surface area contributed by atoms with E-state index < -0.39 is 0 Å². The first-order valence-electron chi connectivity index (χ1n) is 5.29. The van der Waals surface area contributed by atoms with E-state index in [1.165, 1.54) is 12.8 Å². The normalized spacial score (nSPS) is 33.5. The molecule has 2 nitrogen and oxygen atoms in total. The van der Waals surface area contributed by atoms with Gasteiger partial charge in [0.1, 0.15) is 0 Å². The number of halogens is 1. The molecule has 2 fully saturated rings. The zero-order chi connectivity index (χ0) is 10.4. The van der Waals surface area contributed by atoms with Crippen LogP contribution < -0.4 is 5.32 Å². The number of hydrogen-bond donors (Lipinski definition) is 1. The summed E-state index contributed by atoms with van der Waals surface area (Å²) in [5.74, 6) is 0.551. The van der Waals surface area contributed by atoms with Crippen LogP contribution in [0.2, 0.25) is 0 Å². The first kappa shape index (κ1) is 10.00. The van der Waals surface area contributed by atoms with Crippen LogP contribution in [0.4, 0.5) is 0 Å². The predicted octanol–water partition coefficient (Wildman–Crippen LogP) is 2.83. The average molecular weight is 286 g/mol. The summed E-state index contributed by atoms with van der Waals surface area (Å²) in [6.07, 6.45) is 3.46. The second kappa shape index (κ2) is 3.68. The van der Waals surface area contributed by atoms with E-state index in [0.29, 0.717) is 17.9 Å². The van der Waals surface area contributed by atoms with Crippen LogP contribution in [0.25, 0.3) is 0 Å². The fourth-order valence-electron chi connectivity index (χ4n) is 2.75. The Labute approximate surface area is 101 Å². The van der Waals surface area contributed by atoms with E-state index in [2.05, 4.69) is 21.2 Å². The molecule has 3 unspecified atom stereocenters. The van der Waals surface area contributed by atoms with Crippen LogP contribution in [-0.2, 0) is 0 Å². The van der Waals surface area contributed by atoms with Gasteiger partial charge < -0.3 is 5.32 Å². The van der Waals surface area contributed by atoms with Crippen LogP contribution in [0.3, 0.4) is 0 Å². The summed E-state index contributed by atoms with van der Waals surface area (Å²) < 4.78 is 0.959. The van der Waals surface area contributed by atoms with Gasteiger partial charge in [-0.25, -0.2) is 0 Å². The molecule has 1 aromatic heterocycles. The molecule has 1 N–H and O–H groups in total. The smallest absolute Gasteiger partial charge is 0.178 e. The SMILES string of the molecule is O=C(c1sccc1Br)C1CC2CCC1N2. The van der Waals surface area contributed by atoms with Crippen molar-refractivity contribution >= 4 is 33.0 Å². The van der Waals surface area contributed by atoms with Gasteiger partial charge in [-0.1, -0.05) is 0 Å². The molecule has 3 rings (SSSR count). The molecule has 0 radical (unpaired) electrons. The highest BCUT2D eigenvalue weighted by atomic mass is 79.9. The fourth-order valence-corrected chi connectivity index (χ4v) is 4.32. The van der Waals surface area contributed by atoms with E-state index in [9.17, 15) is 4.79 Å². The highest BCUT2D eigenvalue weighted by molar-refractivity contribution is 9.10. The fraction of sp³-hybridized carbons (Fsp3) is 0.545. The van der Waals surface area contributed by atoms with Crippen molar-refractivity contribution in [2.24, 2.45) is 5.92 Å². The number of thiophene rings is 1. The zero-order valence-corrected chi connectivity index (χ0v) is 10.6. The second-order valence-corrected chi connectivity index (χ2v) is 6.12. The van der Waals surface area contributed by atoms with Gasteiger partial charge in [0.25, 0.3) is 0 Å². The molecule has 2 aliphatic rings. The van der Waals surface area contributed by atoms with Gasteiger partial charge >= 0.3 is 0 Å². The molecule has 80 valence electrons. The Bertz CT molecular complexity index is 403. The zero-order valence-electron chi connectivity index (χ0n) is 8.20. The summed E-state index contributed by atoms with van der Waals surface area (Å²) in [7, 11) is 0. The number of ketones is 1. The van der Waals surface area contributed by atoms with Gasteiger partial charge in [0.15, 0.2) is 5.78 Å². The highest BCUT2D eigenvalue weighted by Gasteiger charge is 2.43. The monoisotopic (exact) mass is 285 g/mol. The minimum atomic E-state index is 0.221. The molecule has 0 spiro atoms. The Morgan fingerprint density at radius 1 is 1.53 bits per heavy atom. The first-order chi connectivity index (χ1) is 7.25. The topological polar surface area (TPSA) is 29.1 Å². The van der Waals surface area contributed by atoms with Crippen LogP contribution in [0, 0.1) is 5.92 Å². The van der Waals surface area contributed by atoms with Gasteiger partial charge in [-0.15, -0.1) is 11.3 Å². The summed E-state index contributed by atoms with van der Waals surface area (Å²) in [5, 5.41) is 5.48. The quantitative estimate of drug-likeness (QED) is 0.847. The van der Waals surface area contributed by atoms with Crippen molar-refractivity contribution in [3.05, 3.63) is 20.8 Å². The summed E-state index contributed by atoms with van der Waals surface area (Å²) in [6.45, 7) is 0. The lowest BCUT2D eigenvalue weighted by Crippen LogP contribution is -2.28. The Morgan fingerprint density at radius 3 is 2.93 bits per heavy atom. The summed E-state index contributed by atoms with van der Waals surface area (Å²) in [6, 6.07) is 3.00. The standard InChI is InChI=1S/C11H12BrNOS/c12-8-3-4-15-11(8)10(14)7-5-6-1-2-9(7)13-6/h3-4,6-7,9,13H,1-2,5H2. The molecule has 2 aliphatic heterocycles. The van der Waals surface area contributed by atoms with Gasteiger partial charge in [-0.3, -0.25) is 4.79 Å². The molecule has 0 amide bonds. The third-order valence-corrected chi connectivity index (χ3v) is 5.33. The summed E-state index contributed by atoms with van der Waals surface area (Å²) in [4.78, 5) is 13.2. The molecule has 3 atom stereocenters. The van der Waals surface area contributed by atoms with E-state index in [4.69, 9.17) is 0 Å². The lowest BCUT2D eigenvalue weighted by molar-refractivity contribution is 0.0904. The molecule has 4 heteroatoms. The Balaban J connectivity index is 1.84. The number of carbonyl (C=O) groups is 1. The number of rotatable bonds is 2. The van der Waals surface area contributed by atoms with Crippen molar-refractivity contribution in [1.82, 2.24) is 5.32 Å². The maximum atomic E-state index is 12.3. The molecule has 3 heterocycles. The van der Waals surface area contributed by atoms with Gasteiger partial charge in [0.05, 0.1) is 4.88 Å². The van der Waals surface area contributed by atoms with Crippen LogP contribution in [-0.4, -0.2) is 17.9 Å². The largest absolute Gasteiger partial charge is 0.310 e. The van der Waals surface area contributed by atoms with E-state index in [0.717, 1.165) is 15.8 Å². The van der Waals surface area contributed by atoms with Crippen molar-refractivity contribution < 1.29 is 4.79 Å². The third-order valence-electron chi connectivity index (χ3n) is 3.48. The number of carbonyl (C=O) groups excluding carboxylic acids is 1. The Morgan fingerprint density at radius 2 is 2.40 bits per heavy atom. The van der Waals surface area contributed by atoms with Crippen molar-refractivity contribution in [2.45, 2.75) is 31.3 Å². The second-order valence-electron chi connectivity index (χ2n) is 4.35. The molecule has 0 aromatic carbocycles. The molecule has 1 aromatic rings. The van der Waals surface area contributed by atoms with Gasteiger partial charge in [-0.2, -0.15) is 0 Å². The minimum Gasteiger partial charge on any atom is -0.310 e. The van der Waals surface area contributed by atoms with Crippen molar-refractivity contribution in [1.29, 1.82) is 0 Å². The summed E-state index contributed by atoms with van der Waals surface area (Å²) >= 11 is 4.98. The highest BCUT2D eigenvalue weighted by Crippen LogP contribution is 2.37. The van der Waals surface area contributed by atoms with Gasteiger partial charge in [-0.05, 0) is 46.6 Å². The van der Waals surface area contributed by atoms with Crippen molar-refractivity contribution in [3.8, 4) is 0 Å². The number of nitrogens with one attached hydrogen (secondary N) is 1. The van der Waals surface area contributed by atoms with Crippen molar-refractivity contribution in [3.63, 3.8) is 0 Å². The van der Waals surface area contributed by atoms with E-state index >= 15 is 0 Å². The molecular formula is C11H12BrNOS. The molecule has 0 aliphatic carbocycles. The maximum Gasteiger partial charge on any atom is 0.178 e. The summed E-state index contributed by atoms with van der Waals surface area (Å²) in [5.41, 5.74) is 0. The Hall–Kier alpha value is -0.190. The minimum absolute atomic E-state index is 0.221. The molecule has 2 bridgehead atoms. The maximum absolute atomic E-state index is 12.3. The van der Waals surface area contributed by atoms with Gasteiger partial charge in [0.2, 0.25) is 0 Å². The van der Waals surface area contributed by atoms with Crippen LogP contribution in [0.5, 0.6) is 0 Å². The Kier molecular flexibility index (Phi) is 2.45. The third kappa shape index (κ3) is 1.59. The first-order valence-corrected chi connectivity index (χ1v) is 6.96. The van der Waals surface area contributed by atoms with E-state index in [-0.39, 0.29) is 5.92 Å². The van der Waals surface area contributed by atoms with Gasteiger partial charge in [0, 0.05) is 22.5 Å². The number of fused-ring (bicyclic) bond motifs is 2. The lowest BCUT2D eigenvalue weighted by atomic mass is 9.85. The molecule has 15 heavy (non-hydrogen) atoms. The lowest BCUT2D eigenvalue weighted by Gasteiger charge is -2.18. The van der Waals surface area contributed by atoms with E-state index in [1.54, 1.807) is 11.3 Å². The van der Waals surface area contributed by atoms with Crippen LogP contribution in [0.1, 0.15) is 28.9 Å². The number of hydrogen-bond acceptors (Lipinski definition) is 3. The van der Waals surface area contributed by atoms with E-state index in [1.807, 2.05) is 11.4 Å².